The zero-order valence-corrected chi connectivity index (χ0v) is 20.4. The quantitative estimate of drug-likeness (QED) is 0.560. The summed E-state index contributed by atoms with van der Waals surface area (Å²) in [5.41, 5.74) is 6.64. The second kappa shape index (κ2) is 10.8. The third-order valence-corrected chi connectivity index (χ3v) is 6.64. The minimum absolute atomic E-state index is 0.174. The summed E-state index contributed by atoms with van der Waals surface area (Å²) in [6, 6.07) is 14.4. The number of rotatable bonds is 7. The molecule has 2 aliphatic rings. The molecule has 3 aromatic rings. The molecule has 0 bridgehead atoms. The van der Waals surface area contributed by atoms with Gasteiger partial charge in [-0.2, -0.15) is 0 Å². The lowest BCUT2D eigenvalue weighted by Gasteiger charge is -2.30. The van der Waals surface area contributed by atoms with Gasteiger partial charge in [-0.1, -0.05) is 41.6 Å². The standard InChI is InChI=1S/C27H33N5O3/c1-19-23(21-14-22(33)17-32(16-21)15-20-8-4-3-5-9-20)11-12-24(28-19)27-25(31(2)30-29-27)18-35-26-10-6-7-13-34-26/h3-5,8-9,11-12,14,22,26,33H,6-7,10,13,15-18H2,1-2H3. The van der Waals surface area contributed by atoms with Gasteiger partial charge in [0.25, 0.3) is 0 Å². The van der Waals surface area contributed by atoms with Crippen molar-refractivity contribution in [1.82, 2.24) is 24.9 Å². The van der Waals surface area contributed by atoms with Crippen molar-refractivity contribution in [2.75, 3.05) is 19.7 Å². The van der Waals surface area contributed by atoms with Crippen molar-refractivity contribution in [3.8, 4) is 11.4 Å². The number of β-amino-alcohol motifs (C(OH)–C–C–N with tert-alkyl or cyclic N) is 1. The highest BCUT2D eigenvalue weighted by atomic mass is 16.7. The molecule has 0 radical (unpaired) electrons. The first-order chi connectivity index (χ1) is 17.1. The van der Waals surface area contributed by atoms with Crippen LogP contribution in [0.3, 0.4) is 0 Å². The average molecular weight is 476 g/mol. The van der Waals surface area contributed by atoms with E-state index in [4.69, 9.17) is 14.5 Å². The van der Waals surface area contributed by atoms with Gasteiger partial charge in [0.2, 0.25) is 0 Å². The molecule has 184 valence electrons. The summed E-state index contributed by atoms with van der Waals surface area (Å²) in [6.45, 7) is 5.31. The lowest BCUT2D eigenvalue weighted by atomic mass is 9.97. The lowest BCUT2D eigenvalue weighted by Crippen LogP contribution is -2.36. The van der Waals surface area contributed by atoms with Crippen LogP contribution in [0.15, 0.2) is 48.5 Å². The van der Waals surface area contributed by atoms with Gasteiger partial charge in [-0.15, -0.1) is 5.10 Å². The van der Waals surface area contributed by atoms with E-state index in [1.165, 1.54) is 5.56 Å². The largest absolute Gasteiger partial charge is 0.388 e. The van der Waals surface area contributed by atoms with Crippen LogP contribution in [0.1, 0.15) is 41.8 Å². The molecule has 2 aromatic heterocycles. The lowest BCUT2D eigenvalue weighted by molar-refractivity contribution is -0.169. The van der Waals surface area contributed by atoms with Crippen molar-refractivity contribution in [3.05, 3.63) is 71.1 Å². The van der Waals surface area contributed by atoms with Crippen LogP contribution in [-0.2, 0) is 29.7 Å². The van der Waals surface area contributed by atoms with E-state index < -0.39 is 6.10 Å². The fraction of sp³-hybridized carbons (Fsp3) is 0.444. The zero-order valence-electron chi connectivity index (χ0n) is 20.4. The van der Waals surface area contributed by atoms with Gasteiger partial charge in [0.15, 0.2) is 6.29 Å². The van der Waals surface area contributed by atoms with Crippen LogP contribution in [0, 0.1) is 6.92 Å². The molecule has 1 saturated heterocycles. The highest BCUT2D eigenvalue weighted by molar-refractivity contribution is 5.71. The van der Waals surface area contributed by atoms with Crippen LogP contribution < -0.4 is 0 Å². The Bertz CT molecular complexity index is 1170. The van der Waals surface area contributed by atoms with Crippen LogP contribution in [0.2, 0.25) is 0 Å². The van der Waals surface area contributed by atoms with E-state index in [1.54, 1.807) is 4.68 Å². The first-order valence-electron chi connectivity index (χ1n) is 12.3. The monoisotopic (exact) mass is 475 g/mol. The maximum Gasteiger partial charge on any atom is 0.158 e. The topological polar surface area (TPSA) is 85.5 Å². The molecule has 0 aliphatic carbocycles. The number of hydrogen-bond donors (Lipinski definition) is 1. The number of nitrogens with zero attached hydrogens (tertiary/aromatic N) is 5. The molecule has 1 fully saturated rings. The third-order valence-electron chi connectivity index (χ3n) is 6.64. The molecule has 8 heteroatoms. The van der Waals surface area contributed by atoms with Crippen molar-refractivity contribution < 1.29 is 14.6 Å². The Kier molecular flexibility index (Phi) is 7.34. The molecule has 0 amide bonds. The van der Waals surface area contributed by atoms with Gasteiger partial charge in [0, 0.05) is 44.5 Å². The average Bonchev–Trinajstić information content (AvgIpc) is 3.23. The number of pyridine rings is 1. The Balaban J connectivity index is 1.32. The van der Waals surface area contributed by atoms with Gasteiger partial charge >= 0.3 is 0 Å². The number of hydrogen-bond acceptors (Lipinski definition) is 7. The molecular formula is C27H33N5O3. The third kappa shape index (κ3) is 5.67. The smallest absolute Gasteiger partial charge is 0.158 e. The second-order valence-corrected chi connectivity index (χ2v) is 9.36. The second-order valence-electron chi connectivity index (χ2n) is 9.36. The number of ether oxygens (including phenoxy) is 2. The maximum absolute atomic E-state index is 10.5. The van der Waals surface area contributed by atoms with Gasteiger partial charge in [0.05, 0.1) is 24.1 Å². The number of aliphatic hydroxyl groups excluding tert-OH is 1. The highest BCUT2D eigenvalue weighted by Gasteiger charge is 2.23. The first-order valence-corrected chi connectivity index (χ1v) is 12.3. The Hall–Kier alpha value is -2.91. The molecule has 4 heterocycles. The van der Waals surface area contributed by atoms with Crippen LogP contribution in [-0.4, -0.2) is 62.1 Å². The predicted octanol–water partition coefficient (Wildman–Crippen LogP) is 3.49. The van der Waals surface area contributed by atoms with Gasteiger partial charge in [0.1, 0.15) is 5.69 Å². The SMILES string of the molecule is Cc1nc(-c2nnn(C)c2COC2CCCCO2)ccc1C1=CC(O)CN(Cc2ccccc2)C1. The highest BCUT2D eigenvalue weighted by Crippen LogP contribution is 2.28. The summed E-state index contributed by atoms with van der Waals surface area (Å²) in [7, 11) is 1.87. The molecule has 0 spiro atoms. The summed E-state index contributed by atoms with van der Waals surface area (Å²) < 4.78 is 13.4. The van der Waals surface area contributed by atoms with Gasteiger partial charge in [-0.25, -0.2) is 4.68 Å². The van der Waals surface area contributed by atoms with Gasteiger partial charge < -0.3 is 14.6 Å². The van der Waals surface area contributed by atoms with E-state index in [-0.39, 0.29) is 6.29 Å². The number of aryl methyl sites for hydroxylation is 2. The van der Waals surface area contributed by atoms with Crippen molar-refractivity contribution in [3.63, 3.8) is 0 Å². The van der Waals surface area contributed by atoms with Crippen LogP contribution >= 0.6 is 0 Å². The zero-order chi connectivity index (χ0) is 24.2. The van der Waals surface area contributed by atoms with Crippen LogP contribution in [0.25, 0.3) is 17.0 Å². The molecule has 0 saturated carbocycles. The minimum Gasteiger partial charge on any atom is -0.388 e. The van der Waals surface area contributed by atoms with Crippen LogP contribution in [0.5, 0.6) is 0 Å². The molecule has 2 atom stereocenters. The molecule has 2 aliphatic heterocycles. The Morgan fingerprint density at radius 2 is 2.00 bits per heavy atom. The Morgan fingerprint density at radius 3 is 2.77 bits per heavy atom. The fourth-order valence-electron chi connectivity index (χ4n) is 4.83. The first kappa shape index (κ1) is 23.8. The van der Waals surface area contributed by atoms with Gasteiger partial charge in [-0.05, 0) is 49.5 Å². The minimum atomic E-state index is -0.507. The molecule has 8 nitrogen and oxygen atoms in total. The number of benzene rings is 1. The molecule has 5 rings (SSSR count). The van der Waals surface area contributed by atoms with E-state index in [9.17, 15) is 5.11 Å². The number of aromatic nitrogens is 4. The van der Waals surface area contributed by atoms with E-state index in [0.29, 0.717) is 13.2 Å². The van der Waals surface area contributed by atoms with E-state index >= 15 is 0 Å². The molecule has 1 aromatic carbocycles. The molecule has 1 N–H and O–H groups in total. The van der Waals surface area contributed by atoms with Crippen molar-refractivity contribution in [1.29, 1.82) is 0 Å². The van der Waals surface area contributed by atoms with Crippen LogP contribution in [0.4, 0.5) is 0 Å². The maximum atomic E-state index is 10.5. The van der Waals surface area contributed by atoms with Crippen molar-refractivity contribution in [2.45, 2.75) is 51.7 Å². The molecule has 35 heavy (non-hydrogen) atoms. The summed E-state index contributed by atoms with van der Waals surface area (Å²) in [5, 5.41) is 19.1. The number of aliphatic hydroxyl groups is 1. The van der Waals surface area contributed by atoms with E-state index in [0.717, 1.165) is 72.9 Å². The normalized spacial score (nSPS) is 21.2. The van der Waals surface area contributed by atoms with Crippen molar-refractivity contribution in [2.24, 2.45) is 7.05 Å². The van der Waals surface area contributed by atoms with E-state index in [1.807, 2.05) is 44.3 Å². The van der Waals surface area contributed by atoms with Crippen molar-refractivity contribution >= 4 is 5.57 Å². The summed E-state index contributed by atoms with van der Waals surface area (Å²) in [5.74, 6) is 0. The fourth-order valence-corrected chi connectivity index (χ4v) is 4.83. The molecule has 2 unspecified atom stereocenters. The Morgan fingerprint density at radius 1 is 1.14 bits per heavy atom. The predicted molar refractivity (Wildman–Crippen MR) is 133 cm³/mol. The summed E-state index contributed by atoms with van der Waals surface area (Å²) >= 11 is 0. The molecular weight excluding hydrogens is 442 g/mol. The van der Waals surface area contributed by atoms with E-state index in [2.05, 4.69) is 33.4 Å². The summed E-state index contributed by atoms with van der Waals surface area (Å²) in [4.78, 5) is 7.15. The van der Waals surface area contributed by atoms with Gasteiger partial charge in [-0.3, -0.25) is 9.88 Å². The Labute approximate surface area is 206 Å². The summed E-state index contributed by atoms with van der Waals surface area (Å²) in [6.07, 6.45) is 4.40.